The van der Waals surface area contributed by atoms with Crippen molar-refractivity contribution in [3.05, 3.63) is 23.8 Å². The molecule has 0 amide bonds. The predicted octanol–water partition coefficient (Wildman–Crippen LogP) is 1.68. The fourth-order valence-electron chi connectivity index (χ4n) is 0.709. The standard InChI is InChI=1S/C10H18N2O/c1-10(7-8-11-2)6-5-9-12(3)13-4/h5-8H,9H2,1-4H3/b6-5+,10-7-,11-8-. The topological polar surface area (TPSA) is 24.8 Å². The van der Waals surface area contributed by atoms with Gasteiger partial charge in [0.05, 0.1) is 7.11 Å². The number of hydrogen-bond donors (Lipinski definition) is 0. The van der Waals surface area contributed by atoms with E-state index < -0.39 is 0 Å². The minimum atomic E-state index is 0.783. The van der Waals surface area contributed by atoms with Crippen LogP contribution in [0.3, 0.4) is 0 Å². The maximum absolute atomic E-state index is 4.95. The van der Waals surface area contributed by atoms with Gasteiger partial charge in [0.15, 0.2) is 0 Å². The van der Waals surface area contributed by atoms with Gasteiger partial charge >= 0.3 is 0 Å². The Morgan fingerprint density at radius 2 is 2.23 bits per heavy atom. The monoisotopic (exact) mass is 182 g/mol. The Balaban J connectivity index is 3.83. The second kappa shape index (κ2) is 7.71. The maximum atomic E-state index is 4.95. The van der Waals surface area contributed by atoms with E-state index in [0.29, 0.717) is 0 Å². The molecule has 13 heavy (non-hydrogen) atoms. The fraction of sp³-hybridized carbons (Fsp3) is 0.500. The van der Waals surface area contributed by atoms with E-state index in [1.165, 1.54) is 5.57 Å². The van der Waals surface area contributed by atoms with Crippen LogP contribution in [0.5, 0.6) is 0 Å². The molecule has 3 heteroatoms. The van der Waals surface area contributed by atoms with Crippen LogP contribution in [0.1, 0.15) is 6.92 Å². The van der Waals surface area contributed by atoms with Gasteiger partial charge in [-0.1, -0.05) is 12.2 Å². The molecule has 0 heterocycles. The van der Waals surface area contributed by atoms with Crippen molar-refractivity contribution >= 4 is 6.21 Å². The largest absolute Gasteiger partial charge is 0.302 e. The number of hydroxylamine groups is 2. The molecule has 3 nitrogen and oxygen atoms in total. The molecule has 0 spiro atoms. The smallest absolute Gasteiger partial charge is 0.0575 e. The first-order valence-corrected chi connectivity index (χ1v) is 4.21. The SMILES string of the molecule is C\N=C/C=C(C)\C=C\CN(C)OC. The molecular weight excluding hydrogens is 164 g/mol. The summed E-state index contributed by atoms with van der Waals surface area (Å²) in [5, 5.41) is 1.75. The highest BCUT2D eigenvalue weighted by Crippen LogP contribution is 1.93. The highest BCUT2D eigenvalue weighted by Gasteiger charge is 1.87. The van der Waals surface area contributed by atoms with Crippen LogP contribution in [0.4, 0.5) is 0 Å². The summed E-state index contributed by atoms with van der Waals surface area (Å²) in [7, 11) is 5.30. The Kier molecular flexibility index (Phi) is 7.15. The number of hydrogen-bond acceptors (Lipinski definition) is 3. The van der Waals surface area contributed by atoms with E-state index in [0.717, 1.165) is 6.54 Å². The molecule has 0 aliphatic heterocycles. The van der Waals surface area contributed by atoms with E-state index in [4.69, 9.17) is 4.84 Å². The van der Waals surface area contributed by atoms with Gasteiger partial charge in [-0.05, 0) is 18.6 Å². The first-order valence-electron chi connectivity index (χ1n) is 4.21. The van der Waals surface area contributed by atoms with E-state index in [1.54, 1.807) is 25.4 Å². The molecule has 0 aromatic carbocycles. The first kappa shape index (κ1) is 12.1. The molecule has 0 aliphatic carbocycles. The molecule has 0 fully saturated rings. The molecule has 0 N–H and O–H groups in total. The minimum absolute atomic E-state index is 0.783. The van der Waals surface area contributed by atoms with Gasteiger partial charge in [0.1, 0.15) is 0 Å². The van der Waals surface area contributed by atoms with Crippen molar-refractivity contribution in [2.45, 2.75) is 6.92 Å². The van der Waals surface area contributed by atoms with Crippen molar-refractivity contribution in [3.63, 3.8) is 0 Å². The van der Waals surface area contributed by atoms with Crippen LogP contribution in [0.25, 0.3) is 0 Å². The van der Waals surface area contributed by atoms with Crippen LogP contribution in [-0.2, 0) is 4.84 Å². The molecule has 0 aliphatic rings. The number of rotatable bonds is 5. The lowest BCUT2D eigenvalue weighted by atomic mass is 10.2. The van der Waals surface area contributed by atoms with Crippen LogP contribution in [0, 0.1) is 0 Å². The molecule has 0 unspecified atom stereocenters. The van der Waals surface area contributed by atoms with Crippen LogP contribution < -0.4 is 0 Å². The lowest BCUT2D eigenvalue weighted by Crippen LogP contribution is -2.15. The summed E-state index contributed by atoms with van der Waals surface area (Å²) in [5.41, 5.74) is 1.18. The van der Waals surface area contributed by atoms with Crippen molar-refractivity contribution < 1.29 is 4.84 Å². The number of likely N-dealkylation sites (N-methyl/N-ethyl adjacent to an activating group) is 1. The van der Waals surface area contributed by atoms with Gasteiger partial charge < -0.3 is 4.84 Å². The Morgan fingerprint density at radius 1 is 1.54 bits per heavy atom. The van der Waals surface area contributed by atoms with Gasteiger partial charge in [0, 0.05) is 26.9 Å². The maximum Gasteiger partial charge on any atom is 0.0575 e. The molecule has 0 aromatic rings. The highest BCUT2D eigenvalue weighted by atomic mass is 16.7. The Bertz CT molecular complexity index is 207. The molecule has 0 radical (unpaired) electrons. The fourth-order valence-corrected chi connectivity index (χ4v) is 0.709. The molecule has 0 rings (SSSR count). The highest BCUT2D eigenvalue weighted by molar-refractivity contribution is 5.72. The molecular formula is C10H18N2O. The third-order valence-corrected chi connectivity index (χ3v) is 1.54. The lowest BCUT2D eigenvalue weighted by molar-refractivity contribution is -0.0992. The Hall–Kier alpha value is -0.930. The van der Waals surface area contributed by atoms with E-state index in [1.807, 2.05) is 32.2 Å². The van der Waals surface area contributed by atoms with Gasteiger partial charge in [0.25, 0.3) is 0 Å². The van der Waals surface area contributed by atoms with E-state index in [9.17, 15) is 0 Å². The van der Waals surface area contributed by atoms with E-state index in [2.05, 4.69) is 4.99 Å². The number of allylic oxidation sites excluding steroid dienone is 3. The summed E-state index contributed by atoms with van der Waals surface area (Å²) in [6, 6.07) is 0. The van der Waals surface area contributed by atoms with Crippen molar-refractivity contribution in [1.82, 2.24) is 5.06 Å². The number of aliphatic imine (C=N–C) groups is 1. The average molecular weight is 182 g/mol. The van der Waals surface area contributed by atoms with Crippen LogP contribution in [0.2, 0.25) is 0 Å². The normalized spacial score (nSPS) is 13.8. The summed E-state index contributed by atoms with van der Waals surface area (Å²) in [4.78, 5) is 8.81. The van der Waals surface area contributed by atoms with Gasteiger partial charge in [-0.25, -0.2) is 0 Å². The third kappa shape index (κ3) is 7.43. The Morgan fingerprint density at radius 3 is 2.77 bits per heavy atom. The third-order valence-electron chi connectivity index (χ3n) is 1.54. The molecule has 0 saturated carbocycles. The Labute approximate surface area is 80.4 Å². The van der Waals surface area contributed by atoms with Crippen molar-refractivity contribution in [3.8, 4) is 0 Å². The van der Waals surface area contributed by atoms with Gasteiger partial charge in [-0.15, -0.1) is 0 Å². The van der Waals surface area contributed by atoms with Crippen LogP contribution in [0.15, 0.2) is 28.8 Å². The second-order valence-electron chi connectivity index (χ2n) is 2.71. The zero-order chi connectivity index (χ0) is 10.1. The van der Waals surface area contributed by atoms with Crippen molar-refractivity contribution in [1.29, 1.82) is 0 Å². The predicted molar refractivity (Wildman–Crippen MR) is 57.0 cm³/mol. The summed E-state index contributed by atoms with van der Waals surface area (Å²) < 4.78 is 0. The van der Waals surface area contributed by atoms with Crippen LogP contribution in [-0.4, -0.2) is 39.0 Å². The van der Waals surface area contributed by atoms with Crippen LogP contribution >= 0.6 is 0 Å². The molecule has 0 saturated heterocycles. The van der Waals surface area contributed by atoms with Crippen molar-refractivity contribution in [2.24, 2.45) is 4.99 Å². The van der Waals surface area contributed by atoms with Gasteiger partial charge in [-0.3, -0.25) is 4.99 Å². The van der Waals surface area contributed by atoms with Gasteiger partial charge in [0.2, 0.25) is 0 Å². The van der Waals surface area contributed by atoms with Gasteiger partial charge in [-0.2, -0.15) is 5.06 Å². The molecule has 0 aromatic heterocycles. The molecule has 0 bridgehead atoms. The first-order chi connectivity index (χ1) is 6.20. The van der Waals surface area contributed by atoms with E-state index >= 15 is 0 Å². The molecule has 0 atom stereocenters. The summed E-state index contributed by atoms with van der Waals surface area (Å²) >= 11 is 0. The average Bonchev–Trinajstić information content (AvgIpc) is 2.14. The summed E-state index contributed by atoms with van der Waals surface area (Å²) in [6.07, 6.45) is 7.82. The summed E-state index contributed by atoms with van der Waals surface area (Å²) in [6.45, 7) is 2.82. The van der Waals surface area contributed by atoms with Crippen molar-refractivity contribution in [2.75, 3.05) is 27.7 Å². The number of nitrogens with zero attached hydrogens (tertiary/aromatic N) is 2. The summed E-state index contributed by atoms with van der Waals surface area (Å²) in [5.74, 6) is 0. The van der Waals surface area contributed by atoms with E-state index in [-0.39, 0.29) is 0 Å². The minimum Gasteiger partial charge on any atom is -0.302 e. The zero-order valence-electron chi connectivity index (χ0n) is 8.82. The lowest BCUT2D eigenvalue weighted by Gasteiger charge is -2.09. The zero-order valence-corrected chi connectivity index (χ0v) is 8.82. The second-order valence-corrected chi connectivity index (χ2v) is 2.71. The molecule has 74 valence electrons. The quantitative estimate of drug-likeness (QED) is 0.367.